The van der Waals surface area contributed by atoms with Gasteiger partial charge in [0.2, 0.25) is 5.78 Å². The highest BCUT2D eigenvalue weighted by molar-refractivity contribution is 9.10. The van der Waals surface area contributed by atoms with E-state index in [4.69, 9.17) is 4.42 Å². The monoisotopic (exact) mass is 282 g/mol. The molecule has 0 aliphatic heterocycles. The van der Waals surface area contributed by atoms with Gasteiger partial charge >= 0.3 is 0 Å². The lowest BCUT2D eigenvalue weighted by molar-refractivity contribution is 0.102. The van der Waals surface area contributed by atoms with Crippen LogP contribution in [0.1, 0.15) is 28.7 Å². The summed E-state index contributed by atoms with van der Waals surface area (Å²) in [5.74, 6) is 0.644. The molecule has 0 amide bonds. The molecular formula is C11H11BrN2O2. The molecule has 0 atom stereocenters. The first-order valence-corrected chi connectivity index (χ1v) is 5.74. The Kier molecular flexibility index (Phi) is 2.96. The Labute approximate surface area is 101 Å². The van der Waals surface area contributed by atoms with Crippen molar-refractivity contribution in [3.8, 4) is 0 Å². The minimum atomic E-state index is -0.0805. The minimum absolute atomic E-state index is 0.0805. The summed E-state index contributed by atoms with van der Waals surface area (Å²) in [6.07, 6.45) is 3.10. The molecule has 2 heterocycles. The lowest BCUT2D eigenvalue weighted by Crippen LogP contribution is -2.10. The Morgan fingerprint density at radius 3 is 2.94 bits per heavy atom. The predicted octanol–water partition coefficient (Wildman–Crippen LogP) is 2.80. The fraction of sp³-hybridized carbons (Fsp3) is 0.273. The summed E-state index contributed by atoms with van der Waals surface area (Å²) >= 11 is 3.33. The van der Waals surface area contributed by atoms with Crippen molar-refractivity contribution in [1.29, 1.82) is 0 Å². The van der Waals surface area contributed by atoms with E-state index in [1.54, 1.807) is 16.9 Å². The molecule has 2 aromatic heterocycles. The van der Waals surface area contributed by atoms with Crippen LogP contribution in [0, 0.1) is 6.92 Å². The summed E-state index contributed by atoms with van der Waals surface area (Å²) in [6.45, 7) is 4.41. The zero-order valence-electron chi connectivity index (χ0n) is 9.03. The zero-order valence-corrected chi connectivity index (χ0v) is 10.6. The molecule has 0 spiro atoms. The maximum atomic E-state index is 12.2. The second kappa shape index (κ2) is 4.25. The standard InChI is InChI=1S/C11H11BrN2O2/c1-3-14-10(9(12)5-13-14)11(15)8-4-7(2)16-6-8/h4-6H,3H2,1-2H3. The van der Waals surface area contributed by atoms with E-state index in [-0.39, 0.29) is 5.78 Å². The number of halogens is 1. The number of nitrogens with zero attached hydrogens (tertiary/aromatic N) is 2. The number of carbonyl (C=O) groups excluding carboxylic acids is 1. The summed E-state index contributed by atoms with van der Waals surface area (Å²) in [5, 5.41) is 4.11. The van der Waals surface area contributed by atoms with Crippen LogP contribution in [0.5, 0.6) is 0 Å². The van der Waals surface area contributed by atoms with E-state index in [1.165, 1.54) is 6.26 Å². The van der Waals surface area contributed by atoms with Gasteiger partial charge in [-0.3, -0.25) is 9.48 Å². The van der Waals surface area contributed by atoms with Gasteiger partial charge in [-0.2, -0.15) is 5.10 Å². The van der Waals surface area contributed by atoms with Gasteiger partial charge in [0.25, 0.3) is 0 Å². The largest absolute Gasteiger partial charge is 0.469 e. The van der Waals surface area contributed by atoms with Crippen LogP contribution in [0.2, 0.25) is 0 Å². The van der Waals surface area contributed by atoms with Crippen molar-refractivity contribution in [2.75, 3.05) is 0 Å². The maximum absolute atomic E-state index is 12.2. The van der Waals surface area contributed by atoms with Crippen LogP contribution in [0.4, 0.5) is 0 Å². The number of hydrogen-bond donors (Lipinski definition) is 0. The Morgan fingerprint density at radius 2 is 2.38 bits per heavy atom. The molecular weight excluding hydrogens is 272 g/mol. The van der Waals surface area contributed by atoms with Crippen LogP contribution in [-0.2, 0) is 6.54 Å². The number of rotatable bonds is 3. The van der Waals surface area contributed by atoms with Crippen LogP contribution >= 0.6 is 15.9 Å². The summed E-state index contributed by atoms with van der Waals surface area (Å²) < 4.78 is 7.50. The maximum Gasteiger partial charge on any atom is 0.215 e. The molecule has 2 rings (SSSR count). The van der Waals surface area contributed by atoms with E-state index in [9.17, 15) is 4.79 Å². The Hall–Kier alpha value is -1.36. The zero-order chi connectivity index (χ0) is 11.7. The lowest BCUT2D eigenvalue weighted by atomic mass is 10.1. The molecule has 0 unspecified atom stereocenters. The third-order valence-electron chi connectivity index (χ3n) is 2.30. The van der Waals surface area contributed by atoms with Gasteiger partial charge in [-0.05, 0) is 35.8 Å². The second-order valence-electron chi connectivity index (χ2n) is 3.43. The summed E-state index contributed by atoms with van der Waals surface area (Å²) in [7, 11) is 0. The van der Waals surface area contributed by atoms with E-state index in [2.05, 4.69) is 21.0 Å². The molecule has 0 N–H and O–H groups in total. The predicted molar refractivity (Wildman–Crippen MR) is 62.5 cm³/mol. The van der Waals surface area contributed by atoms with Crippen molar-refractivity contribution >= 4 is 21.7 Å². The topological polar surface area (TPSA) is 48.0 Å². The van der Waals surface area contributed by atoms with Crippen molar-refractivity contribution in [3.05, 3.63) is 40.0 Å². The van der Waals surface area contributed by atoms with Crippen LogP contribution in [0.3, 0.4) is 0 Å². The molecule has 0 bridgehead atoms. The summed E-state index contributed by atoms with van der Waals surface area (Å²) in [5.41, 5.74) is 1.11. The molecule has 16 heavy (non-hydrogen) atoms. The van der Waals surface area contributed by atoms with Gasteiger partial charge in [0.1, 0.15) is 17.7 Å². The van der Waals surface area contributed by atoms with Crippen LogP contribution in [-0.4, -0.2) is 15.6 Å². The van der Waals surface area contributed by atoms with Gasteiger partial charge in [0.05, 0.1) is 16.2 Å². The molecule has 0 fully saturated rings. The third kappa shape index (κ3) is 1.82. The van der Waals surface area contributed by atoms with Crippen molar-refractivity contribution in [1.82, 2.24) is 9.78 Å². The molecule has 5 heteroatoms. The quantitative estimate of drug-likeness (QED) is 0.814. The smallest absolute Gasteiger partial charge is 0.215 e. The van der Waals surface area contributed by atoms with Crippen LogP contribution < -0.4 is 0 Å². The van der Waals surface area contributed by atoms with E-state index in [0.29, 0.717) is 22.3 Å². The average Bonchev–Trinajstić information content (AvgIpc) is 2.83. The molecule has 2 aromatic rings. The first-order chi connectivity index (χ1) is 7.63. The highest BCUT2D eigenvalue weighted by Crippen LogP contribution is 2.20. The van der Waals surface area contributed by atoms with Crippen molar-refractivity contribution in [2.45, 2.75) is 20.4 Å². The van der Waals surface area contributed by atoms with Gasteiger partial charge in [-0.1, -0.05) is 0 Å². The summed E-state index contributed by atoms with van der Waals surface area (Å²) in [6, 6.07) is 1.72. The number of ketones is 1. The van der Waals surface area contributed by atoms with Crippen molar-refractivity contribution in [3.63, 3.8) is 0 Å². The van der Waals surface area contributed by atoms with E-state index >= 15 is 0 Å². The fourth-order valence-electron chi connectivity index (χ4n) is 1.53. The number of furan rings is 1. The first-order valence-electron chi connectivity index (χ1n) is 4.94. The highest BCUT2D eigenvalue weighted by atomic mass is 79.9. The van der Waals surface area contributed by atoms with Crippen molar-refractivity contribution < 1.29 is 9.21 Å². The van der Waals surface area contributed by atoms with Crippen LogP contribution in [0.25, 0.3) is 0 Å². The SMILES string of the molecule is CCn1ncc(Br)c1C(=O)c1coc(C)c1. The van der Waals surface area contributed by atoms with Crippen molar-refractivity contribution in [2.24, 2.45) is 0 Å². The molecule has 0 saturated heterocycles. The van der Waals surface area contributed by atoms with Gasteiger partial charge in [0.15, 0.2) is 0 Å². The molecule has 4 nitrogen and oxygen atoms in total. The number of aryl methyl sites for hydroxylation is 2. The van der Waals surface area contributed by atoms with Gasteiger partial charge in [-0.25, -0.2) is 0 Å². The first kappa shape index (κ1) is 11.1. The Morgan fingerprint density at radius 1 is 1.62 bits per heavy atom. The minimum Gasteiger partial charge on any atom is -0.469 e. The third-order valence-corrected chi connectivity index (χ3v) is 2.88. The number of carbonyl (C=O) groups is 1. The number of hydrogen-bond acceptors (Lipinski definition) is 3. The molecule has 0 saturated carbocycles. The number of aromatic nitrogens is 2. The summed E-state index contributed by atoms with van der Waals surface area (Å²) in [4.78, 5) is 12.2. The molecule has 0 aliphatic carbocycles. The molecule has 0 radical (unpaired) electrons. The Balaban J connectivity index is 2.44. The second-order valence-corrected chi connectivity index (χ2v) is 4.29. The fourth-order valence-corrected chi connectivity index (χ4v) is 2.00. The molecule has 0 aromatic carbocycles. The average molecular weight is 283 g/mol. The lowest BCUT2D eigenvalue weighted by Gasteiger charge is -2.02. The highest BCUT2D eigenvalue weighted by Gasteiger charge is 2.19. The van der Waals surface area contributed by atoms with Gasteiger partial charge < -0.3 is 4.42 Å². The Bertz CT molecular complexity index is 528. The van der Waals surface area contributed by atoms with Gasteiger partial charge in [-0.15, -0.1) is 0 Å². The van der Waals surface area contributed by atoms with E-state index in [1.807, 2.05) is 13.8 Å². The normalized spacial score (nSPS) is 10.7. The van der Waals surface area contributed by atoms with Gasteiger partial charge in [0, 0.05) is 6.54 Å². The van der Waals surface area contributed by atoms with E-state index < -0.39 is 0 Å². The van der Waals surface area contributed by atoms with E-state index in [0.717, 1.165) is 5.76 Å². The molecule has 0 aliphatic rings. The molecule has 84 valence electrons. The van der Waals surface area contributed by atoms with Crippen LogP contribution in [0.15, 0.2) is 27.4 Å².